The number of piperazine rings is 1. The van der Waals surface area contributed by atoms with Crippen molar-refractivity contribution >= 4 is 10.2 Å². The van der Waals surface area contributed by atoms with Crippen LogP contribution in [0.4, 0.5) is 0 Å². The molecule has 1 rings (SSSR count). The monoisotopic (exact) mass is 250 g/mol. The quantitative estimate of drug-likeness (QED) is 0.635. The van der Waals surface area contributed by atoms with Crippen LogP contribution in [0.2, 0.25) is 0 Å². The Morgan fingerprint density at radius 2 is 1.81 bits per heavy atom. The second kappa shape index (κ2) is 5.92. The van der Waals surface area contributed by atoms with Gasteiger partial charge in [-0.1, -0.05) is 0 Å². The SMILES string of the molecule is CNC(C)CNS(=O)(=O)N1CCN(C)CC1. The molecule has 0 saturated carbocycles. The molecule has 0 aromatic heterocycles. The Labute approximate surface area is 98.2 Å². The summed E-state index contributed by atoms with van der Waals surface area (Å²) < 4.78 is 27.9. The first kappa shape index (κ1) is 13.9. The summed E-state index contributed by atoms with van der Waals surface area (Å²) >= 11 is 0. The van der Waals surface area contributed by atoms with Gasteiger partial charge >= 0.3 is 0 Å². The summed E-state index contributed by atoms with van der Waals surface area (Å²) in [5.74, 6) is 0. The molecule has 2 N–H and O–H groups in total. The smallest absolute Gasteiger partial charge is 0.279 e. The predicted octanol–water partition coefficient (Wildman–Crippen LogP) is -1.32. The predicted molar refractivity (Wildman–Crippen MR) is 64.5 cm³/mol. The Balaban J connectivity index is 2.44. The van der Waals surface area contributed by atoms with Crippen molar-refractivity contribution in [2.24, 2.45) is 0 Å². The van der Waals surface area contributed by atoms with Gasteiger partial charge in [-0.25, -0.2) is 4.72 Å². The molecule has 1 heterocycles. The van der Waals surface area contributed by atoms with Gasteiger partial charge in [-0.3, -0.25) is 0 Å². The van der Waals surface area contributed by atoms with Crippen LogP contribution in [0.25, 0.3) is 0 Å². The van der Waals surface area contributed by atoms with Gasteiger partial charge in [0.2, 0.25) is 0 Å². The highest BCUT2D eigenvalue weighted by molar-refractivity contribution is 7.87. The van der Waals surface area contributed by atoms with Gasteiger partial charge in [0.05, 0.1) is 0 Å². The Kier molecular flexibility index (Phi) is 5.13. The summed E-state index contributed by atoms with van der Waals surface area (Å²) in [6, 6.07) is 0.141. The molecule has 0 spiro atoms. The van der Waals surface area contributed by atoms with Crippen LogP contribution in [0.3, 0.4) is 0 Å². The topological polar surface area (TPSA) is 64.7 Å². The first-order valence-electron chi connectivity index (χ1n) is 5.56. The molecule has 0 amide bonds. The van der Waals surface area contributed by atoms with E-state index in [0.29, 0.717) is 19.6 Å². The fourth-order valence-electron chi connectivity index (χ4n) is 1.45. The van der Waals surface area contributed by atoms with E-state index >= 15 is 0 Å². The molecule has 0 aromatic carbocycles. The van der Waals surface area contributed by atoms with Crippen molar-refractivity contribution in [2.45, 2.75) is 13.0 Å². The average Bonchev–Trinajstić information content (AvgIpc) is 2.26. The maximum Gasteiger partial charge on any atom is 0.279 e. The standard InChI is InChI=1S/C9H22N4O2S/c1-9(10-2)8-11-16(14,15)13-6-4-12(3)5-7-13/h9-11H,4-8H2,1-3H3. The minimum absolute atomic E-state index is 0.141. The first-order valence-corrected chi connectivity index (χ1v) is 7.00. The molecule has 7 heteroatoms. The van der Waals surface area contributed by atoms with Crippen LogP contribution in [-0.4, -0.2) is 70.5 Å². The van der Waals surface area contributed by atoms with E-state index in [0.717, 1.165) is 13.1 Å². The first-order chi connectivity index (χ1) is 7.45. The highest BCUT2D eigenvalue weighted by atomic mass is 32.2. The van der Waals surface area contributed by atoms with Gasteiger partial charge in [0.1, 0.15) is 0 Å². The maximum absolute atomic E-state index is 11.9. The lowest BCUT2D eigenvalue weighted by Crippen LogP contribution is -2.52. The normalized spacial score (nSPS) is 22.2. The average molecular weight is 250 g/mol. The molecule has 1 atom stereocenters. The number of nitrogens with zero attached hydrogens (tertiary/aromatic N) is 2. The summed E-state index contributed by atoms with van der Waals surface area (Å²) in [5.41, 5.74) is 0. The molecule has 1 aliphatic heterocycles. The molecule has 6 nitrogen and oxygen atoms in total. The summed E-state index contributed by atoms with van der Waals surface area (Å²) in [7, 11) is 0.520. The number of hydrogen-bond acceptors (Lipinski definition) is 4. The van der Waals surface area contributed by atoms with Crippen molar-refractivity contribution in [1.29, 1.82) is 0 Å². The molecule has 1 fully saturated rings. The van der Waals surface area contributed by atoms with E-state index < -0.39 is 10.2 Å². The van der Waals surface area contributed by atoms with Crippen LogP contribution in [0.5, 0.6) is 0 Å². The second-order valence-electron chi connectivity index (χ2n) is 4.25. The van der Waals surface area contributed by atoms with Gasteiger partial charge in [-0.05, 0) is 21.0 Å². The molecule has 0 aliphatic carbocycles. The van der Waals surface area contributed by atoms with Crippen LogP contribution in [0, 0.1) is 0 Å². The van der Waals surface area contributed by atoms with E-state index in [4.69, 9.17) is 0 Å². The van der Waals surface area contributed by atoms with Crippen LogP contribution >= 0.6 is 0 Å². The number of hydrogen-bond donors (Lipinski definition) is 2. The van der Waals surface area contributed by atoms with E-state index in [2.05, 4.69) is 14.9 Å². The molecule has 16 heavy (non-hydrogen) atoms. The molecular weight excluding hydrogens is 228 g/mol. The largest absolute Gasteiger partial charge is 0.316 e. The van der Waals surface area contributed by atoms with E-state index in [9.17, 15) is 8.42 Å². The molecule has 0 aromatic rings. The van der Waals surface area contributed by atoms with Crippen molar-refractivity contribution < 1.29 is 8.42 Å². The van der Waals surface area contributed by atoms with E-state index in [1.807, 2.05) is 21.0 Å². The van der Waals surface area contributed by atoms with Crippen molar-refractivity contribution in [3.63, 3.8) is 0 Å². The third-order valence-electron chi connectivity index (χ3n) is 2.87. The van der Waals surface area contributed by atoms with Crippen LogP contribution in [0.15, 0.2) is 0 Å². The summed E-state index contributed by atoms with van der Waals surface area (Å²) in [6.45, 7) is 5.09. The molecular formula is C9H22N4O2S. The minimum atomic E-state index is -3.30. The minimum Gasteiger partial charge on any atom is -0.316 e. The van der Waals surface area contributed by atoms with E-state index in [-0.39, 0.29) is 6.04 Å². The zero-order valence-corrected chi connectivity index (χ0v) is 11.0. The molecule has 1 saturated heterocycles. The summed E-state index contributed by atoms with van der Waals surface area (Å²) in [4.78, 5) is 2.13. The fourth-order valence-corrected chi connectivity index (χ4v) is 2.74. The number of likely N-dealkylation sites (N-methyl/N-ethyl adjacent to an activating group) is 2. The highest BCUT2D eigenvalue weighted by Gasteiger charge is 2.25. The molecule has 96 valence electrons. The van der Waals surface area contributed by atoms with Crippen LogP contribution < -0.4 is 10.0 Å². The van der Waals surface area contributed by atoms with Gasteiger partial charge in [0, 0.05) is 38.8 Å². The summed E-state index contributed by atoms with van der Waals surface area (Å²) in [6.07, 6.45) is 0. The third-order valence-corrected chi connectivity index (χ3v) is 4.44. The number of nitrogens with one attached hydrogen (secondary N) is 2. The van der Waals surface area contributed by atoms with E-state index in [1.54, 1.807) is 0 Å². The third kappa shape index (κ3) is 3.99. The molecule has 1 unspecified atom stereocenters. The highest BCUT2D eigenvalue weighted by Crippen LogP contribution is 2.04. The van der Waals surface area contributed by atoms with Crippen molar-refractivity contribution in [1.82, 2.24) is 19.2 Å². The van der Waals surface area contributed by atoms with E-state index in [1.165, 1.54) is 4.31 Å². The molecule has 0 radical (unpaired) electrons. The number of rotatable bonds is 5. The Bertz CT molecular complexity index is 299. The van der Waals surface area contributed by atoms with Gasteiger partial charge in [0.25, 0.3) is 10.2 Å². The fraction of sp³-hybridized carbons (Fsp3) is 1.00. The van der Waals surface area contributed by atoms with Gasteiger partial charge in [-0.15, -0.1) is 0 Å². The maximum atomic E-state index is 11.9. The van der Waals surface area contributed by atoms with Crippen LogP contribution in [-0.2, 0) is 10.2 Å². The molecule has 1 aliphatic rings. The summed E-state index contributed by atoms with van der Waals surface area (Å²) in [5, 5.41) is 2.99. The second-order valence-corrected chi connectivity index (χ2v) is 6.00. The Morgan fingerprint density at radius 1 is 1.25 bits per heavy atom. The zero-order chi connectivity index (χ0) is 12.2. The lowest BCUT2D eigenvalue weighted by atomic mass is 10.4. The molecule has 0 bridgehead atoms. The Hall–Kier alpha value is -0.210. The van der Waals surface area contributed by atoms with Crippen molar-refractivity contribution in [2.75, 3.05) is 46.8 Å². The Morgan fingerprint density at radius 3 is 2.31 bits per heavy atom. The van der Waals surface area contributed by atoms with Crippen LogP contribution in [0.1, 0.15) is 6.92 Å². The van der Waals surface area contributed by atoms with Crippen molar-refractivity contribution in [3.8, 4) is 0 Å². The lowest BCUT2D eigenvalue weighted by Gasteiger charge is -2.31. The zero-order valence-electron chi connectivity index (χ0n) is 10.2. The lowest BCUT2D eigenvalue weighted by molar-refractivity contribution is 0.220. The van der Waals surface area contributed by atoms with Gasteiger partial charge < -0.3 is 10.2 Å². The van der Waals surface area contributed by atoms with Gasteiger partial charge in [-0.2, -0.15) is 12.7 Å². The van der Waals surface area contributed by atoms with Crippen molar-refractivity contribution in [3.05, 3.63) is 0 Å². The van der Waals surface area contributed by atoms with Gasteiger partial charge in [0.15, 0.2) is 0 Å².